The maximum absolute atomic E-state index is 12.7. The summed E-state index contributed by atoms with van der Waals surface area (Å²) in [6, 6.07) is 7.45. The largest absolute Gasteiger partial charge is 0.348 e. The lowest BCUT2D eigenvalue weighted by Crippen LogP contribution is -2.44. The number of imidazole rings is 1. The number of carbonyl (C=O) groups excluding carboxylic acids is 1. The van der Waals surface area contributed by atoms with Gasteiger partial charge in [0.2, 0.25) is 5.91 Å². The number of benzene rings is 1. The molecule has 3 rings (SSSR count). The van der Waals surface area contributed by atoms with E-state index in [-0.39, 0.29) is 18.1 Å². The first kappa shape index (κ1) is 19.1. The lowest BCUT2D eigenvalue weighted by atomic mass is 10.0. The van der Waals surface area contributed by atoms with Crippen molar-refractivity contribution in [2.45, 2.75) is 25.9 Å². The quantitative estimate of drug-likeness (QED) is 0.659. The standard InChI is InChI=1S/C18H20BrN5O3/c1-4-13(11-5-7-12(19)8-6-11)21-14(25)9-24-17(26)15-16(20-10-22(15)2)23(3)18(24)27/h5-8,10,13H,4,9H2,1-3H3,(H,21,25)/t13-/m0/s1. The first-order chi connectivity index (χ1) is 12.8. The molecule has 0 radical (unpaired) electrons. The number of hydrogen-bond donors (Lipinski definition) is 1. The first-order valence-corrected chi connectivity index (χ1v) is 9.28. The minimum absolute atomic E-state index is 0.203. The summed E-state index contributed by atoms with van der Waals surface area (Å²) in [5, 5.41) is 2.90. The highest BCUT2D eigenvalue weighted by Crippen LogP contribution is 2.19. The molecule has 1 aromatic carbocycles. The Bertz CT molecular complexity index is 1110. The molecule has 1 atom stereocenters. The number of fused-ring (bicyclic) bond motifs is 1. The van der Waals surface area contributed by atoms with E-state index in [1.807, 2.05) is 31.2 Å². The van der Waals surface area contributed by atoms with Gasteiger partial charge in [0, 0.05) is 18.6 Å². The van der Waals surface area contributed by atoms with Gasteiger partial charge in [-0.15, -0.1) is 0 Å². The first-order valence-electron chi connectivity index (χ1n) is 8.49. The van der Waals surface area contributed by atoms with Crippen LogP contribution in [0.3, 0.4) is 0 Å². The summed E-state index contributed by atoms with van der Waals surface area (Å²) < 4.78 is 4.71. The molecule has 8 nitrogen and oxygen atoms in total. The third kappa shape index (κ3) is 3.59. The molecule has 27 heavy (non-hydrogen) atoms. The van der Waals surface area contributed by atoms with Gasteiger partial charge in [0.25, 0.3) is 5.56 Å². The highest BCUT2D eigenvalue weighted by molar-refractivity contribution is 9.10. The van der Waals surface area contributed by atoms with Crippen LogP contribution in [0.25, 0.3) is 11.2 Å². The summed E-state index contributed by atoms with van der Waals surface area (Å²) in [6.07, 6.45) is 2.15. The zero-order valence-electron chi connectivity index (χ0n) is 15.3. The van der Waals surface area contributed by atoms with Crippen LogP contribution in [0.2, 0.25) is 0 Å². The van der Waals surface area contributed by atoms with Crippen molar-refractivity contribution in [2.75, 3.05) is 0 Å². The van der Waals surface area contributed by atoms with Crippen LogP contribution in [0, 0.1) is 0 Å². The molecule has 1 N–H and O–H groups in total. The van der Waals surface area contributed by atoms with Crippen LogP contribution in [-0.4, -0.2) is 24.6 Å². The third-order valence-corrected chi connectivity index (χ3v) is 5.05. The van der Waals surface area contributed by atoms with E-state index < -0.39 is 17.2 Å². The van der Waals surface area contributed by atoms with E-state index in [0.29, 0.717) is 12.1 Å². The molecule has 0 bridgehead atoms. The van der Waals surface area contributed by atoms with Crippen molar-refractivity contribution >= 4 is 33.0 Å². The average molecular weight is 434 g/mol. The molecule has 0 fully saturated rings. The molecule has 0 aliphatic heterocycles. The van der Waals surface area contributed by atoms with Crippen molar-refractivity contribution in [1.82, 2.24) is 24.0 Å². The van der Waals surface area contributed by atoms with Crippen LogP contribution >= 0.6 is 15.9 Å². The second-order valence-corrected chi connectivity index (χ2v) is 7.26. The molecule has 0 saturated carbocycles. The maximum Gasteiger partial charge on any atom is 0.332 e. The predicted molar refractivity (Wildman–Crippen MR) is 106 cm³/mol. The average Bonchev–Trinajstić information content (AvgIpc) is 3.04. The lowest BCUT2D eigenvalue weighted by molar-refractivity contribution is -0.122. The van der Waals surface area contributed by atoms with E-state index in [2.05, 4.69) is 26.2 Å². The summed E-state index contributed by atoms with van der Waals surface area (Å²) in [5.41, 5.74) is 0.435. The Hall–Kier alpha value is -2.68. The molecular formula is C18H20BrN5O3. The topological polar surface area (TPSA) is 90.9 Å². The van der Waals surface area contributed by atoms with Crippen LogP contribution in [-0.2, 0) is 25.4 Å². The van der Waals surface area contributed by atoms with Crippen LogP contribution in [0.1, 0.15) is 24.9 Å². The number of aryl methyl sites for hydroxylation is 2. The Balaban J connectivity index is 1.89. The molecule has 9 heteroatoms. The summed E-state index contributed by atoms with van der Waals surface area (Å²) in [7, 11) is 3.20. The Morgan fingerprint density at radius 3 is 2.52 bits per heavy atom. The molecule has 2 heterocycles. The number of halogens is 1. The van der Waals surface area contributed by atoms with E-state index in [0.717, 1.165) is 14.6 Å². The van der Waals surface area contributed by atoms with Crippen molar-refractivity contribution < 1.29 is 4.79 Å². The Kier molecular flexibility index (Phi) is 5.31. The monoisotopic (exact) mass is 433 g/mol. The number of aromatic nitrogens is 4. The van der Waals surface area contributed by atoms with Crippen molar-refractivity contribution in [2.24, 2.45) is 14.1 Å². The van der Waals surface area contributed by atoms with Gasteiger partial charge in [-0.3, -0.25) is 14.2 Å². The van der Waals surface area contributed by atoms with Crippen LogP contribution in [0.4, 0.5) is 0 Å². The van der Waals surface area contributed by atoms with Gasteiger partial charge >= 0.3 is 5.69 Å². The van der Waals surface area contributed by atoms with Crippen LogP contribution in [0.5, 0.6) is 0 Å². The van der Waals surface area contributed by atoms with Crippen LogP contribution < -0.4 is 16.6 Å². The number of carbonyl (C=O) groups is 1. The Morgan fingerprint density at radius 2 is 1.89 bits per heavy atom. The van der Waals surface area contributed by atoms with E-state index in [9.17, 15) is 14.4 Å². The van der Waals surface area contributed by atoms with Gasteiger partial charge in [0.1, 0.15) is 6.54 Å². The van der Waals surface area contributed by atoms with Crippen molar-refractivity contribution in [3.05, 3.63) is 61.5 Å². The van der Waals surface area contributed by atoms with Gasteiger partial charge in [-0.2, -0.15) is 0 Å². The lowest BCUT2D eigenvalue weighted by Gasteiger charge is -2.18. The zero-order valence-corrected chi connectivity index (χ0v) is 16.9. The highest BCUT2D eigenvalue weighted by Gasteiger charge is 2.19. The van der Waals surface area contributed by atoms with Crippen molar-refractivity contribution in [3.63, 3.8) is 0 Å². The summed E-state index contributed by atoms with van der Waals surface area (Å²) in [5.74, 6) is -0.398. The summed E-state index contributed by atoms with van der Waals surface area (Å²) >= 11 is 3.39. The zero-order chi connectivity index (χ0) is 19.7. The third-order valence-electron chi connectivity index (χ3n) is 4.52. The van der Waals surface area contributed by atoms with E-state index >= 15 is 0 Å². The smallest absolute Gasteiger partial charge is 0.332 e. The fraction of sp³-hybridized carbons (Fsp3) is 0.333. The van der Waals surface area contributed by atoms with Gasteiger partial charge in [0.05, 0.1) is 12.4 Å². The van der Waals surface area contributed by atoms with Crippen molar-refractivity contribution in [3.8, 4) is 0 Å². The molecule has 1 amide bonds. The summed E-state index contributed by atoms with van der Waals surface area (Å²) in [4.78, 5) is 41.8. The van der Waals surface area contributed by atoms with E-state index in [4.69, 9.17) is 0 Å². The van der Waals surface area contributed by atoms with Gasteiger partial charge in [-0.25, -0.2) is 14.3 Å². The highest BCUT2D eigenvalue weighted by atomic mass is 79.9. The molecule has 2 aromatic heterocycles. The SMILES string of the molecule is CC[C@H](NC(=O)Cn1c(=O)c2c(ncn2C)n(C)c1=O)c1ccc(Br)cc1. The predicted octanol–water partition coefficient (Wildman–Crippen LogP) is 1.46. The van der Waals surface area contributed by atoms with Gasteiger partial charge in [0.15, 0.2) is 11.2 Å². The minimum Gasteiger partial charge on any atom is -0.348 e. The molecule has 0 aliphatic rings. The number of amides is 1. The molecule has 0 spiro atoms. The van der Waals surface area contributed by atoms with Crippen molar-refractivity contribution in [1.29, 1.82) is 0 Å². The number of hydrogen-bond acceptors (Lipinski definition) is 4. The Morgan fingerprint density at radius 1 is 1.22 bits per heavy atom. The van der Waals surface area contributed by atoms with E-state index in [1.54, 1.807) is 11.6 Å². The summed E-state index contributed by atoms with van der Waals surface area (Å²) in [6.45, 7) is 1.61. The second-order valence-electron chi connectivity index (χ2n) is 6.34. The van der Waals surface area contributed by atoms with Gasteiger partial charge in [-0.05, 0) is 24.1 Å². The molecule has 0 aliphatic carbocycles. The molecular weight excluding hydrogens is 414 g/mol. The van der Waals surface area contributed by atoms with Crippen LogP contribution in [0.15, 0.2) is 44.7 Å². The fourth-order valence-corrected chi connectivity index (χ4v) is 3.30. The second kappa shape index (κ2) is 7.51. The number of rotatable bonds is 5. The molecule has 0 unspecified atom stereocenters. The molecule has 3 aromatic rings. The van der Waals surface area contributed by atoms with Gasteiger partial charge < -0.3 is 9.88 Å². The number of nitrogens with one attached hydrogen (secondary N) is 1. The molecule has 0 saturated heterocycles. The van der Waals surface area contributed by atoms with Gasteiger partial charge in [-0.1, -0.05) is 35.0 Å². The Labute approximate surface area is 163 Å². The maximum atomic E-state index is 12.7. The fourth-order valence-electron chi connectivity index (χ4n) is 3.04. The minimum atomic E-state index is -0.571. The number of nitrogens with zero attached hydrogens (tertiary/aromatic N) is 4. The normalized spacial score (nSPS) is 12.3. The van der Waals surface area contributed by atoms with E-state index in [1.165, 1.54) is 17.9 Å². The molecule has 142 valence electrons.